The molecule has 0 bridgehead atoms. The van der Waals surface area contributed by atoms with Crippen LogP contribution < -0.4 is 0 Å². The highest BCUT2D eigenvalue weighted by molar-refractivity contribution is 7.12. The van der Waals surface area contributed by atoms with E-state index in [9.17, 15) is 9.90 Å². The van der Waals surface area contributed by atoms with E-state index in [-0.39, 0.29) is 18.0 Å². The summed E-state index contributed by atoms with van der Waals surface area (Å²) >= 11 is 1.38. The second kappa shape index (κ2) is 3.37. The van der Waals surface area contributed by atoms with Crippen LogP contribution in [0.3, 0.4) is 0 Å². The molecular weight excluding hydrogens is 200 g/mol. The molecule has 1 saturated carbocycles. The number of aliphatic hydroxyl groups is 1. The standard InChI is InChI=1S/C10H12O3S/c1-13-9(12)8-7(2-5-14-8)10(6-11)3-4-10/h2,5,11H,3-4,6H2,1H3. The fraction of sp³-hybridized carbons (Fsp3) is 0.500. The maximum atomic E-state index is 11.4. The Morgan fingerprint density at radius 3 is 2.93 bits per heavy atom. The van der Waals surface area contributed by atoms with Crippen molar-refractivity contribution in [3.63, 3.8) is 0 Å². The van der Waals surface area contributed by atoms with Crippen molar-refractivity contribution < 1.29 is 14.6 Å². The van der Waals surface area contributed by atoms with Crippen molar-refractivity contribution in [3.8, 4) is 0 Å². The minimum Gasteiger partial charge on any atom is -0.465 e. The summed E-state index contributed by atoms with van der Waals surface area (Å²) < 4.78 is 4.69. The second-order valence-corrected chi connectivity index (χ2v) is 4.51. The van der Waals surface area contributed by atoms with Crippen LogP contribution in [0, 0.1) is 0 Å². The number of rotatable bonds is 3. The number of hydrogen-bond donors (Lipinski definition) is 1. The largest absolute Gasteiger partial charge is 0.465 e. The molecule has 0 atom stereocenters. The Morgan fingerprint density at radius 1 is 1.71 bits per heavy atom. The van der Waals surface area contributed by atoms with E-state index in [2.05, 4.69) is 0 Å². The summed E-state index contributed by atoms with van der Waals surface area (Å²) in [6.45, 7) is 0.119. The Bertz CT molecular complexity index is 352. The maximum absolute atomic E-state index is 11.4. The van der Waals surface area contributed by atoms with E-state index in [4.69, 9.17) is 4.74 Å². The van der Waals surface area contributed by atoms with Crippen molar-refractivity contribution in [2.45, 2.75) is 18.3 Å². The van der Waals surface area contributed by atoms with Gasteiger partial charge in [0, 0.05) is 5.41 Å². The summed E-state index contributed by atoms with van der Waals surface area (Å²) in [5.41, 5.74) is 0.806. The number of carbonyl (C=O) groups is 1. The first-order valence-corrected chi connectivity index (χ1v) is 5.38. The lowest BCUT2D eigenvalue weighted by atomic mass is 9.98. The molecule has 0 aliphatic heterocycles. The molecule has 1 aromatic heterocycles. The van der Waals surface area contributed by atoms with E-state index in [1.54, 1.807) is 0 Å². The number of thiophene rings is 1. The van der Waals surface area contributed by atoms with E-state index in [0.29, 0.717) is 4.88 Å². The maximum Gasteiger partial charge on any atom is 0.348 e. The van der Waals surface area contributed by atoms with E-state index in [1.165, 1.54) is 18.4 Å². The smallest absolute Gasteiger partial charge is 0.348 e. The summed E-state index contributed by atoms with van der Waals surface area (Å²) in [6, 6.07) is 1.92. The van der Waals surface area contributed by atoms with Gasteiger partial charge in [-0.3, -0.25) is 0 Å². The van der Waals surface area contributed by atoms with Crippen molar-refractivity contribution in [2.24, 2.45) is 0 Å². The van der Waals surface area contributed by atoms with Crippen molar-refractivity contribution in [1.29, 1.82) is 0 Å². The molecule has 2 rings (SSSR count). The highest BCUT2D eigenvalue weighted by atomic mass is 32.1. The lowest BCUT2D eigenvalue weighted by Gasteiger charge is -2.11. The first kappa shape index (κ1) is 9.68. The van der Waals surface area contributed by atoms with Gasteiger partial charge in [0.2, 0.25) is 0 Å². The lowest BCUT2D eigenvalue weighted by molar-refractivity contribution is 0.0604. The van der Waals surface area contributed by atoms with Crippen LogP contribution >= 0.6 is 11.3 Å². The van der Waals surface area contributed by atoms with Crippen LogP contribution in [0.4, 0.5) is 0 Å². The normalized spacial score (nSPS) is 17.9. The monoisotopic (exact) mass is 212 g/mol. The third-order valence-electron chi connectivity index (χ3n) is 2.76. The van der Waals surface area contributed by atoms with Crippen LogP contribution in [0.25, 0.3) is 0 Å². The van der Waals surface area contributed by atoms with E-state index < -0.39 is 0 Å². The number of aliphatic hydroxyl groups excluding tert-OH is 1. The number of hydrogen-bond acceptors (Lipinski definition) is 4. The molecule has 0 aromatic carbocycles. The zero-order valence-corrected chi connectivity index (χ0v) is 8.76. The SMILES string of the molecule is COC(=O)c1sccc1C1(CO)CC1. The molecule has 14 heavy (non-hydrogen) atoms. The fourth-order valence-electron chi connectivity index (χ4n) is 1.64. The summed E-state index contributed by atoms with van der Waals surface area (Å²) in [4.78, 5) is 12.0. The van der Waals surface area contributed by atoms with Gasteiger partial charge in [0.25, 0.3) is 0 Å². The average Bonchev–Trinajstić information content (AvgIpc) is 2.87. The Kier molecular flexibility index (Phi) is 2.33. The highest BCUT2D eigenvalue weighted by Gasteiger charge is 2.46. The van der Waals surface area contributed by atoms with E-state index >= 15 is 0 Å². The third-order valence-corrected chi connectivity index (χ3v) is 3.66. The minimum atomic E-state index is -0.297. The lowest BCUT2D eigenvalue weighted by Crippen LogP contribution is -2.15. The Hall–Kier alpha value is -0.870. The quantitative estimate of drug-likeness (QED) is 0.773. The Morgan fingerprint density at radius 2 is 2.43 bits per heavy atom. The molecule has 4 heteroatoms. The van der Waals surface area contributed by atoms with Gasteiger partial charge in [-0.1, -0.05) is 0 Å². The summed E-state index contributed by atoms with van der Waals surface area (Å²) in [7, 11) is 1.38. The van der Waals surface area contributed by atoms with Gasteiger partial charge in [-0.2, -0.15) is 0 Å². The van der Waals surface area contributed by atoms with Gasteiger partial charge in [0.1, 0.15) is 4.88 Å². The molecule has 1 fully saturated rings. The number of methoxy groups -OCH3 is 1. The van der Waals surface area contributed by atoms with Crippen LogP contribution in [-0.2, 0) is 10.2 Å². The summed E-state index contributed by atoms with van der Waals surface area (Å²) in [5, 5.41) is 11.1. The van der Waals surface area contributed by atoms with E-state index in [1.807, 2.05) is 11.4 Å². The molecule has 1 aliphatic carbocycles. The third kappa shape index (κ3) is 1.35. The van der Waals surface area contributed by atoms with Crippen molar-refractivity contribution in [3.05, 3.63) is 21.9 Å². The van der Waals surface area contributed by atoms with Gasteiger partial charge in [0.05, 0.1) is 13.7 Å². The average molecular weight is 212 g/mol. The van der Waals surface area contributed by atoms with Crippen molar-refractivity contribution in [2.75, 3.05) is 13.7 Å². The van der Waals surface area contributed by atoms with Gasteiger partial charge >= 0.3 is 5.97 Å². The molecule has 0 radical (unpaired) electrons. The molecule has 3 nitrogen and oxygen atoms in total. The Labute approximate surface area is 86.3 Å². The van der Waals surface area contributed by atoms with Crippen LogP contribution in [0.2, 0.25) is 0 Å². The summed E-state index contributed by atoms with van der Waals surface area (Å²) in [5.74, 6) is -0.297. The molecule has 1 aromatic rings. The number of esters is 1. The molecule has 76 valence electrons. The fourth-order valence-corrected chi connectivity index (χ4v) is 2.57. The number of ether oxygens (including phenoxy) is 1. The first-order chi connectivity index (χ1) is 6.73. The van der Waals surface area contributed by atoms with E-state index in [0.717, 1.165) is 18.4 Å². The zero-order valence-electron chi connectivity index (χ0n) is 7.95. The van der Waals surface area contributed by atoms with Gasteiger partial charge in [-0.05, 0) is 29.9 Å². The second-order valence-electron chi connectivity index (χ2n) is 3.59. The van der Waals surface area contributed by atoms with Crippen molar-refractivity contribution >= 4 is 17.3 Å². The van der Waals surface area contributed by atoms with Crippen LogP contribution in [-0.4, -0.2) is 24.8 Å². The predicted octanol–water partition coefficient (Wildman–Crippen LogP) is 1.56. The van der Waals surface area contributed by atoms with Gasteiger partial charge in [0.15, 0.2) is 0 Å². The van der Waals surface area contributed by atoms with Crippen LogP contribution in [0.15, 0.2) is 11.4 Å². The minimum absolute atomic E-state index is 0.119. The highest BCUT2D eigenvalue weighted by Crippen LogP contribution is 2.50. The molecule has 1 heterocycles. The first-order valence-electron chi connectivity index (χ1n) is 4.51. The molecule has 0 amide bonds. The predicted molar refractivity (Wildman–Crippen MR) is 53.7 cm³/mol. The molecule has 1 N–H and O–H groups in total. The molecular formula is C10H12O3S. The van der Waals surface area contributed by atoms with Crippen LogP contribution in [0.1, 0.15) is 28.1 Å². The van der Waals surface area contributed by atoms with Crippen molar-refractivity contribution in [1.82, 2.24) is 0 Å². The van der Waals surface area contributed by atoms with Gasteiger partial charge in [-0.15, -0.1) is 11.3 Å². The number of carbonyl (C=O) groups excluding carboxylic acids is 1. The zero-order chi connectivity index (χ0) is 10.2. The van der Waals surface area contributed by atoms with Gasteiger partial charge < -0.3 is 9.84 Å². The molecule has 0 spiro atoms. The van der Waals surface area contributed by atoms with Gasteiger partial charge in [-0.25, -0.2) is 4.79 Å². The Balaban J connectivity index is 2.35. The molecule has 0 unspecified atom stereocenters. The molecule has 1 aliphatic rings. The topological polar surface area (TPSA) is 46.5 Å². The summed E-state index contributed by atoms with van der Waals surface area (Å²) in [6.07, 6.45) is 1.93. The van der Waals surface area contributed by atoms with Crippen LogP contribution in [0.5, 0.6) is 0 Å². The molecule has 0 saturated heterocycles.